The molecule has 2 atom stereocenters. The van der Waals surface area contributed by atoms with Gasteiger partial charge < -0.3 is 4.74 Å². The predicted octanol–water partition coefficient (Wildman–Crippen LogP) is 2.72. The fourth-order valence-electron chi connectivity index (χ4n) is 1.35. The molecular weight excluding hydrogens is 148 g/mol. The van der Waals surface area contributed by atoms with Crippen molar-refractivity contribution in [3.63, 3.8) is 0 Å². The van der Waals surface area contributed by atoms with E-state index in [4.69, 9.17) is 4.74 Å². The average Bonchev–Trinajstić information content (AvgIpc) is 2.81. The van der Waals surface area contributed by atoms with Gasteiger partial charge in [-0.2, -0.15) is 0 Å². The Morgan fingerprint density at radius 2 is 2.00 bits per heavy atom. The first kappa shape index (κ1) is 7.66. The summed E-state index contributed by atoms with van der Waals surface area (Å²) in [5.41, 5.74) is 0. The topological polar surface area (TPSA) is 9.23 Å². The quantitative estimate of drug-likeness (QED) is 0.664. The number of benzene rings is 1. The Kier molecular flexibility index (Phi) is 2.03. The molecule has 1 aromatic carbocycles. The number of rotatable bonds is 3. The fourth-order valence-corrected chi connectivity index (χ4v) is 1.35. The Hall–Kier alpha value is -0.980. The van der Waals surface area contributed by atoms with E-state index in [1.807, 2.05) is 30.3 Å². The van der Waals surface area contributed by atoms with E-state index >= 15 is 0 Å². The van der Waals surface area contributed by atoms with Crippen LogP contribution in [-0.2, 0) is 0 Å². The van der Waals surface area contributed by atoms with Crippen LogP contribution < -0.4 is 4.74 Å². The van der Waals surface area contributed by atoms with Crippen molar-refractivity contribution >= 4 is 0 Å². The van der Waals surface area contributed by atoms with Gasteiger partial charge in [0.25, 0.3) is 0 Å². The van der Waals surface area contributed by atoms with Gasteiger partial charge >= 0.3 is 0 Å². The lowest BCUT2D eigenvalue weighted by atomic mass is 10.3. The highest BCUT2D eigenvalue weighted by Crippen LogP contribution is 2.37. The monoisotopic (exact) mass is 162 g/mol. The molecule has 0 radical (unpaired) electrons. The molecule has 2 rings (SSSR count). The van der Waals surface area contributed by atoms with Gasteiger partial charge in [0.05, 0.1) is 6.61 Å². The summed E-state index contributed by atoms with van der Waals surface area (Å²) in [6, 6.07) is 10.0. The molecule has 1 saturated carbocycles. The standard InChI is InChI=1S/C11H14O/c1-9-7-10(9)8-12-11-5-3-2-4-6-11/h2-6,9-10H,7-8H2,1H3/t9-,10-/m1/s1. The summed E-state index contributed by atoms with van der Waals surface area (Å²) in [7, 11) is 0. The summed E-state index contributed by atoms with van der Waals surface area (Å²) in [6.45, 7) is 3.17. The van der Waals surface area contributed by atoms with Crippen LogP contribution in [-0.4, -0.2) is 6.61 Å². The van der Waals surface area contributed by atoms with Gasteiger partial charge in [-0.1, -0.05) is 25.1 Å². The van der Waals surface area contributed by atoms with Crippen LogP contribution in [0.25, 0.3) is 0 Å². The molecule has 1 nitrogen and oxygen atoms in total. The fraction of sp³-hybridized carbons (Fsp3) is 0.455. The van der Waals surface area contributed by atoms with E-state index in [1.54, 1.807) is 0 Å². The van der Waals surface area contributed by atoms with Gasteiger partial charge in [-0.05, 0) is 30.4 Å². The second-order valence-electron chi connectivity index (χ2n) is 3.60. The molecule has 64 valence electrons. The van der Waals surface area contributed by atoms with E-state index < -0.39 is 0 Å². The Morgan fingerprint density at radius 1 is 1.33 bits per heavy atom. The normalized spacial score (nSPS) is 26.8. The van der Waals surface area contributed by atoms with E-state index in [-0.39, 0.29) is 0 Å². The van der Waals surface area contributed by atoms with Crippen LogP contribution in [0.3, 0.4) is 0 Å². The van der Waals surface area contributed by atoms with Crippen LogP contribution in [0.4, 0.5) is 0 Å². The van der Waals surface area contributed by atoms with E-state index in [0.29, 0.717) is 0 Å². The van der Waals surface area contributed by atoms with Crippen molar-refractivity contribution in [1.82, 2.24) is 0 Å². The van der Waals surface area contributed by atoms with Crippen LogP contribution in [0.5, 0.6) is 5.75 Å². The third-order valence-corrected chi connectivity index (χ3v) is 2.48. The van der Waals surface area contributed by atoms with Gasteiger partial charge in [-0.3, -0.25) is 0 Å². The first-order valence-corrected chi connectivity index (χ1v) is 4.54. The van der Waals surface area contributed by atoms with Gasteiger partial charge in [0, 0.05) is 0 Å². The van der Waals surface area contributed by atoms with E-state index in [9.17, 15) is 0 Å². The number of hydrogen-bond acceptors (Lipinski definition) is 1. The van der Waals surface area contributed by atoms with Crippen LogP contribution in [0.15, 0.2) is 30.3 Å². The lowest BCUT2D eigenvalue weighted by Gasteiger charge is -2.03. The maximum absolute atomic E-state index is 5.60. The third-order valence-electron chi connectivity index (χ3n) is 2.48. The Morgan fingerprint density at radius 3 is 2.58 bits per heavy atom. The molecule has 1 aromatic rings. The average molecular weight is 162 g/mol. The molecule has 0 spiro atoms. The Balaban J connectivity index is 1.80. The summed E-state index contributed by atoms with van der Waals surface area (Å²) < 4.78 is 5.60. The summed E-state index contributed by atoms with van der Waals surface area (Å²) in [6.07, 6.45) is 1.34. The molecule has 12 heavy (non-hydrogen) atoms. The van der Waals surface area contributed by atoms with Crippen LogP contribution in [0.2, 0.25) is 0 Å². The van der Waals surface area contributed by atoms with Crippen LogP contribution >= 0.6 is 0 Å². The summed E-state index contributed by atoms with van der Waals surface area (Å²) >= 11 is 0. The second-order valence-corrected chi connectivity index (χ2v) is 3.60. The van der Waals surface area contributed by atoms with Gasteiger partial charge in [0.15, 0.2) is 0 Å². The predicted molar refractivity (Wildman–Crippen MR) is 49.2 cm³/mol. The minimum atomic E-state index is 0.810. The van der Waals surface area contributed by atoms with Crippen molar-refractivity contribution in [1.29, 1.82) is 0 Å². The molecule has 0 bridgehead atoms. The first-order valence-electron chi connectivity index (χ1n) is 4.54. The highest BCUT2D eigenvalue weighted by atomic mass is 16.5. The Labute approximate surface area is 73.4 Å². The summed E-state index contributed by atoms with van der Waals surface area (Å²) in [5.74, 6) is 2.69. The van der Waals surface area contributed by atoms with Gasteiger partial charge in [-0.25, -0.2) is 0 Å². The molecule has 0 aromatic heterocycles. The largest absolute Gasteiger partial charge is 0.493 e. The summed E-state index contributed by atoms with van der Waals surface area (Å²) in [4.78, 5) is 0. The minimum Gasteiger partial charge on any atom is -0.493 e. The SMILES string of the molecule is C[C@@H]1C[C@@H]1COc1ccccc1. The molecule has 0 aliphatic heterocycles. The smallest absolute Gasteiger partial charge is 0.119 e. The third kappa shape index (κ3) is 1.79. The zero-order chi connectivity index (χ0) is 8.39. The first-order chi connectivity index (χ1) is 5.86. The molecule has 0 N–H and O–H groups in total. The van der Waals surface area contributed by atoms with Gasteiger partial charge in [-0.15, -0.1) is 0 Å². The van der Waals surface area contributed by atoms with Crippen molar-refractivity contribution in [2.24, 2.45) is 11.8 Å². The zero-order valence-electron chi connectivity index (χ0n) is 7.36. The molecule has 0 saturated heterocycles. The summed E-state index contributed by atoms with van der Waals surface area (Å²) in [5, 5.41) is 0. The van der Waals surface area contributed by atoms with Gasteiger partial charge in [0.2, 0.25) is 0 Å². The number of para-hydroxylation sites is 1. The van der Waals surface area contributed by atoms with E-state index in [0.717, 1.165) is 24.2 Å². The highest BCUT2D eigenvalue weighted by Gasteiger charge is 2.32. The van der Waals surface area contributed by atoms with Crippen molar-refractivity contribution in [2.75, 3.05) is 6.61 Å². The highest BCUT2D eigenvalue weighted by molar-refractivity contribution is 5.20. The Bertz CT molecular complexity index is 242. The van der Waals surface area contributed by atoms with E-state index in [2.05, 4.69) is 6.92 Å². The molecular formula is C11H14O. The maximum Gasteiger partial charge on any atom is 0.119 e. The van der Waals surface area contributed by atoms with Crippen molar-refractivity contribution < 1.29 is 4.74 Å². The molecule has 1 fully saturated rings. The lowest BCUT2D eigenvalue weighted by Crippen LogP contribution is -1.99. The molecule has 1 aliphatic rings. The van der Waals surface area contributed by atoms with E-state index in [1.165, 1.54) is 6.42 Å². The molecule has 0 unspecified atom stereocenters. The zero-order valence-corrected chi connectivity index (χ0v) is 7.36. The van der Waals surface area contributed by atoms with Gasteiger partial charge in [0.1, 0.15) is 5.75 Å². The molecule has 0 amide bonds. The molecule has 0 heterocycles. The molecule has 1 heteroatoms. The van der Waals surface area contributed by atoms with Crippen molar-refractivity contribution in [3.8, 4) is 5.75 Å². The van der Waals surface area contributed by atoms with Crippen LogP contribution in [0, 0.1) is 11.8 Å². The lowest BCUT2D eigenvalue weighted by molar-refractivity contribution is 0.293. The number of hydrogen-bond donors (Lipinski definition) is 0. The number of ether oxygens (including phenoxy) is 1. The second kappa shape index (κ2) is 3.18. The minimum absolute atomic E-state index is 0.810. The van der Waals surface area contributed by atoms with Crippen LogP contribution in [0.1, 0.15) is 13.3 Å². The van der Waals surface area contributed by atoms with Crippen molar-refractivity contribution in [2.45, 2.75) is 13.3 Å². The molecule has 1 aliphatic carbocycles. The maximum atomic E-state index is 5.60. The van der Waals surface area contributed by atoms with Crippen molar-refractivity contribution in [3.05, 3.63) is 30.3 Å².